The number of nitrogens with zero attached hydrogens (tertiary/aromatic N) is 3. The predicted octanol–water partition coefficient (Wildman–Crippen LogP) is 2.88. The molecule has 0 saturated carbocycles. The largest absolute Gasteiger partial charge is 0.338 e. The summed E-state index contributed by atoms with van der Waals surface area (Å²) in [7, 11) is 0. The van der Waals surface area contributed by atoms with Crippen LogP contribution in [0.15, 0.2) is 48.7 Å². The van der Waals surface area contributed by atoms with Crippen LogP contribution in [0.5, 0.6) is 0 Å². The van der Waals surface area contributed by atoms with Gasteiger partial charge in [0.05, 0.1) is 5.41 Å². The zero-order valence-electron chi connectivity index (χ0n) is 14.4. The maximum atomic E-state index is 13.3. The third-order valence-electron chi connectivity index (χ3n) is 5.42. The van der Waals surface area contributed by atoms with E-state index in [1.165, 1.54) is 12.3 Å². The number of hydrogen-bond acceptors (Lipinski definition) is 3. The molecular formula is C20H20FN3O2. The molecule has 2 aliphatic heterocycles. The fourth-order valence-corrected chi connectivity index (χ4v) is 4.08. The van der Waals surface area contributed by atoms with Crippen LogP contribution in [0.1, 0.15) is 29.6 Å². The van der Waals surface area contributed by atoms with Crippen molar-refractivity contribution in [3.63, 3.8) is 0 Å². The van der Waals surface area contributed by atoms with Gasteiger partial charge >= 0.3 is 0 Å². The fourth-order valence-electron chi connectivity index (χ4n) is 4.08. The number of amides is 2. The molecule has 1 spiro atoms. The summed E-state index contributed by atoms with van der Waals surface area (Å²) in [4.78, 5) is 32.9. The quantitative estimate of drug-likeness (QED) is 0.780. The maximum Gasteiger partial charge on any atom is 0.254 e. The molecule has 2 aliphatic rings. The van der Waals surface area contributed by atoms with Gasteiger partial charge in [0.2, 0.25) is 11.9 Å². The summed E-state index contributed by atoms with van der Waals surface area (Å²) in [6, 6.07) is 12.3. The molecule has 4 rings (SSSR count). The van der Waals surface area contributed by atoms with Crippen LogP contribution in [0.2, 0.25) is 0 Å². The Morgan fingerprint density at radius 2 is 1.92 bits per heavy atom. The van der Waals surface area contributed by atoms with Gasteiger partial charge in [-0.25, -0.2) is 4.98 Å². The number of halogens is 1. The highest BCUT2D eigenvalue weighted by atomic mass is 19.1. The fraction of sp³-hybridized carbons (Fsp3) is 0.350. The molecule has 26 heavy (non-hydrogen) atoms. The molecule has 6 heteroatoms. The van der Waals surface area contributed by atoms with Gasteiger partial charge in [-0.3, -0.25) is 9.59 Å². The molecule has 2 fully saturated rings. The van der Waals surface area contributed by atoms with E-state index in [-0.39, 0.29) is 17.4 Å². The zero-order valence-corrected chi connectivity index (χ0v) is 14.4. The van der Waals surface area contributed by atoms with Crippen LogP contribution in [0.25, 0.3) is 0 Å². The number of hydrogen-bond donors (Lipinski definition) is 0. The van der Waals surface area contributed by atoms with E-state index >= 15 is 0 Å². The third-order valence-corrected chi connectivity index (χ3v) is 5.42. The second-order valence-electron chi connectivity index (χ2n) is 7.02. The minimum Gasteiger partial charge on any atom is -0.338 e. The minimum absolute atomic E-state index is 0.0853. The van der Waals surface area contributed by atoms with E-state index in [9.17, 15) is 14.0 Å². The Kier molecular flexibility index (Phi) is 4.18. The molecule has 2 aromatic rings. The van der Waals surface area contributed by atoms with Crippen LogP contribution in [0.3, 0.4) is 0 Å². The van der Waals surface area contributed by atoms with Gasteiger partial charge < -0.3 is 9.80 Å². The van der Waals surface area contributed by atoms with E-state index in [1.54, 1.807) is 4.90 Å². The van der Waals surface area contributed by atoms with Crippen molar-refractivity contribution in [2.45, 2.75) is 19.3 Å². The van der Waals surface area contributed by atoms with Crippen molar-refractivity contribution in [3.8, 4) is 0 Å². The molecule has 2 saturated heterocycles. The number of para-hydroxylation sites is 1. The standard InChI is InChI=1S/C20H20FN3O2/c21-17-13-15(7-10-22-17)18(25)23-11-4-8-20(14-23)9-12-24(19(20)26)16-5-2-1-3-6-16/h1-3,5-7,10,13H,4,8-9,11-12,14H2/t20-/m0/s1. The highest BCUT2D eigenvalue weighted by Crippen LogP contribution is 2.42. The smallest absolute Gasteiger partial charge is 0.254 e. The van der Waals surface area contributed by atoms with Gasteiger partial charge in [0.25, 0.3) is 5.91 Å². The first-order valence-corrected chi connectivity index (χ1v) is 8.87. The molecule has 0 aliphatic carbocycles. The summed E-state index contributed by atoms with van der Waals surface area (Å²) in [6.45, 7) is 1.63. The van der Waals surface area contributed by atoms with E-state index in [1.807, 2.05) is 35.2 Å². The molecule has 1 atom stereocenters. The summed E-state index contributed by atoms with van der Waals surface area (Å²) in [5.41, 5.74) is 0.643. The van der Waals surface area contributed by atoms with Gasteiger partial charge in [-0.15, -0.1) is 0 Å². The summed E-state index contributed by atoms with van der Waals surface area (Å²) in [6.07, 6.45) is 3.58. The normalized spacial score (nSPS) is 22.9. The molecule has 0 unspecified atom stereocenters. The second-order valence-corrected chi connectivity index (χ2v) is 7.02. The zero-order chi connectivity index (χ0) is 18.1. The van der Waals surface area contributed by atoms with Crippen LogP contribution in [-0.4, -0.2) is 41.3 Å². The highest BCUT2D eigenvalue weighted by Gasteiger charge is 2.50. The molecule has 2 amide bonds. The molecule has 0 radical (unpaired) electrons. The van der Waals surface area contributed by atoms with Crippen molar-refractivity contribution in [2.75, 3.05) is 24.5 Å². The lowest BCUT2D eigenvalue weighted by atomic mass is 9.78. The number of likely N-dealkylation sites (tertiary alicyclic amines) is 1. The maximum absolute atomic E-state index is 13.3. The first-order valence-electron chi connectivity index (χ1n) is 8.87. The van der Waals surface area contributed by atoms with Gasteiger partial charge in [0.15, 0.2) is 0 Å². The SMILES string of the molecule is O=C(c1ccnc(F)c1)N1CCC[C@]2(CCN(c3ccccc3)C2=O)C1. The highest BCUT2D eigenvalue weighted by molar-refractivity contribution is 6.01. The van der Waals surface area contributed by atoms with Gasteiger partial charge in [0.1, 0.15) is 0 Å². The van der Waals surface area contributed by atoms with Gasteiger partial charge in [-0.05, 0) is 37.5 Å². The summed E-state index contributed by atoms with van der Waals surface area (Å²) >= 11 is 0. The Hall–Kier alpha value is -2.76. The summed E-state index contributed by atoms with van der Waals surface area (Å²) in [5.74, 6) is -0.826. The molecule has 1 aromatic heterocycles. The van der Waals surface area contributed by atoms with Crippen molar-refractivity contribution in [1.29, 1.82) is 0 Å². The lowest BCUT2D eigenvalue weighted by molar-refractivity contribution is -0.127. The Morgan fingerprint density at radius 1 is 1.12 bits per heavy atom. The Balaban J connectivity index is 1.55. The van der Waals surface area contributed by atoms with Crippen LogP contribution in [0, 0.1) is 11.4 Å². The molecule has 3 heterocycles. The van der Waals surface area contributed by atoms with Crippen molar-refractivity contribution in [3.05, 3.63) is 60.2 Å². The first-order chi connectivity index (χ1) is 12.6. The lowest BCUT2D eigenvalue weighted by Gasteiger charge is -2.39. The van der Waals surface area contributed by atoms with Crippen LogP contribution >= 0.6 is 0 Å². The Labute approximate surface area is 151 Å². The molecular weight excluding hydrogens is 333 g/mol. The van der Waals surface area contributed by atoms with E-state index in [0.717, 1.165) is 31.0 Å². The predicted molar refractivity (Wildman–Crippen MR) is 95.2 cm³/mol. The Morgan fingerprint density at radius 3 is 2.69 bits per heavy atom. The van der Waals surface area contributed by atoms with Gasteiger partial charge in [-0.1, -0.05) is 18.2 Å². The summed E-state index contributed by atoms with van der Waals surface area (Å²) < 4.78 is 13.3. The number of carbonyl (C=O) groups excluding carboxylic acids is 2. The van der Waals surface area contributed by atoms with Crippen molar-refractivity contribution < 1.29 is 14.0 Å². The first kappa shape index (κ1) is 16.7. The number of rotatable bonds is 2. The molecule has 0 bridgehead atoms. The van der Waals surface area contributed by atoms with E-state index in [0.29, 0.717) is 19.6 Å². The number of benzene rings is 1. The second kappa shape index (κ2) is 6.52. The van der Waals surface area contributed by atoms with E-state index < -0.39 is 11.4 Å². The average Bonchev–Trinajstić information content (AvgIpc) is 2.98. The topological polar surface area (TPSA) is 53.5 Å². The molecule has 5 nitrogen and oxygen atoms in total. The van der Waals surface area contributed by atoms with Crippen molar-refractivity contribution in [1.82, 2.24) is 9.88 Å². The number of aromatic nitrogens is 1. The van der Waals surface area contributed by atoms with E-state index in [4.69, 9.17) is 0 Å². The lowest BCUT2D eigenvalue weighted by Crippen LogP contribution is -2.50. The molecule has 0 N–H and O–H groups in total. The average molecular weight is 353 g/mol. The van der Waals surface area contributed by atoms with E-state index in [2.05, 4.69) is 4.98 Å². The number of anilines is 1. The van der Waals surface area contributed by atoms with Gasteiger partial charge in [-0.2, -0.15) is 4.39 Å². The van der Waals surface area contributed by atoms with Crippen molar-refractivity contribution in [2.24, 2.45) is 5.41 Å². The van der Waals surface area contributed by atoms with Crippen LogP contribution in [0.4, 0.5) is 10.1 Å². The van der Waals surface area contributed by atoms with Crippen molar-refractivity contribution >= 4 is 17.5 Å². The molecule has 1 aromatic carbocycles. The summed E-state index contributed by atoms with van der Waals surface area (Å²) in [5, 5.41) is 0. The van der Waals surface area contributed by atoms with Crippen LogP contribution < -0.4 is 4.90 Å². The Bertz CT molecular complexity index is 842. The number of pyridine rings is 1. The third kappa shape index (κ3) is 2.85. The van der Waals surface area contributed by atoms with Crippen LogP contribution in [-0.2, 0) is 4.79 Å². The molecule has 134 valence electrons. The van der Waals surface area contributed by atoms with Gasteiger partial charge in [0, 0.05) is 43.1 Å². The minimum atomic E-state index is -0.672. The number of carbonyl (C=O) groups is 2. The number of piperidine rings is 1. The monoisotopic (exact) mass is 353 g/mol.